The minimum Gasteiger partial charge on any atom is -0.465 e. The summed E-state index contributed by atoms with van der Waals surface area (Å²) in [6, 6.07) is 0. The van der Waals surface area contributed by atoms with Crippen LogP contribution in [0.1, 0.15) is 119 Å². The maximum atomic E-state index is 12.3. The van der Waals surface area contributed by atoms with Crippen molar-refractivity contribution in [1.29, 1.82) is 0 Å². The first kappa shape index (κ1) is 30.4. The summed E-state index contributed by atoms with van der Waals surface area (Å²) < 4.78 is 17.1. The standard InChI is InChI=1S/C33H54O6/c1-8-23-27-18-22(37-19-34)14-16-33(27,7)26-15-17-32(6)24(12-13-25(32)29(26)30(23)38-20-35)21(2)10-9-11-28(36)39-31(3,4)5/h19-27,29-30H,8-18H2,1-7H3/t21-,22-,23-,24-,25+,26+,27+,29+,30-,32-,33-/m1/s1. The van der Waals surface area contributed by atoms with Gasteiger partial charge in [0, 0.05) is 12.3 Å². The van der Waals surface area contributed by atoms with Crippen LogP contribution >= 0.6 is 0 Å². The highest BCUT2D eigenvalue weighted by molar-refractivity contribution is 5.69. The summed E-state index contributed by atoms with van der Waals surface area (Å²) in [6.45, 7) is 16.7. The lowest BCUT2D eigenvalue weighted by Crippen LogP contribution is -2.62. The molecule has 0 radical (unpaired) electrons. The molecule has 0 aromatic rings. The molecule has 6 nitrogen and oxygen atoms in total. The molecule has 0 unspecified atom stereocenters. The molecule has 222 valence electrons. The number of carbonyl (C=O) groups is 3. The number of esters is 1. The third-order valence-corrected chi connectivity index (χ3v) is 12.0. The zero-order chi connectivity index (χ0) is 28.6. The summed E-state index contributed by atoms with van der Waals surface area (Å²) in [5.74, 6) is 3.26. The lowest BCUT2D eigenvalue weighted by atomic mass is 9.41. The van der Waals surface area contributed by atoms with Gasteiger partial charge in [-0.15, -0.1) is 0 Å². The van der Waals surface area contributed by atoms with Crippen molar-refractivity contribution in [3.05, 3.63) is 0 Å². The van der Waals surface area contributed by atoms with Gasteiger partial charge in [-0.1, -0.05) is 27.7 Å². The van der Waals surface area contributed by atoms with Crippen LogP contribution in [0.3, 0.4) is 0 Å². The van der Waals surface area contributed by atoms with E-state index in [0.29, 0.717) is 60.8 Å². The van der Waals surface area contributed by atoms with Gasteiger partial charge in [0.15, 0.2) is 0 Å². The molecule has 0 spiro atoms. The van der Waals surface area contributed by atoms with Crippen LogP contribution in [0.4, 0.5) is 0 Å². The molecule has 4 fully saturated rings. The maximum Gasteiger partial charge on any atom is 0.306 e. The Bertz CT molecular complexity index is 880. The van der Waals surface area contributed by atoms with Gasteiger partial charge in [-0.2, -0.15) is 0 Å². The Balaban J connectivity index is 1.52. The molecule has 4 saturated carbocycles. The fourth-order valence-electron chi connectivity index (χ4n) is 10.5. The molecule has 4 rings (SSSR count). The minimum atomic E-state index is -0.430. The van der Waals surface area contributed by atoms with Crippen LogP contribution in [0, 0.1) is 52.3 Å². The van der Waals surface area contributed by atoms with E-state index < -0.39 is 5.60 Å². The fourth-order valence-corrected chi connectivity index (χ4v) is 10.5. The van der Waals surface area contributed by atoms with E-state index in [0.717, 1.165) is 38.5 Å². The van der Waals surface area contributed by atoms with E-state index in [1.807, 2.05) is 20.8 Å². The second kappa shape index (κ2) is 11.7. The Morgan fingerprint density at radius 2 is 1.62 bits per heavy atom. The van der Waals surface area contributed by atoms with E-state index in [2.05, 4.69) is 27.7 Å². The van der Waals surface area contributed by atoms with Crippen molar-refractivity contribution in [1.82, 2.24) is 0 Å². The summed E-state index contributed by atoms with van der Waals surface area (Å²) in [5, 5.41) is 0. The average molecular weight is 547 g/mol. The molecule has 39 heavy (non-hydrogen) atoms. The molecule has 0 aromatic carbocycles. The fraction of sp³-hybridized carbons (Fsp3) is 0.909. The highest BCUT2D eigenvalue weighted by Gasteiger charge is 2.65. The van der Waals surface area contributed by atoms with Gasteiger partial charge in [0.25, 0.3) is 12.9 Å². The van der Waals surface area contributed by atoms with Crippen molar-refractivity contribution in [2.24, 2.45) is 52.3 Å². The Hall–Kier alpha value is -1.59. The van der Waals surface area contributed by atoms with Crippen molar-refractivity contribution in [2.45, 2.75) is 137 Å². The highest BCUT2D eigenvalue weighted by Crippen LogP contribution is 2.70. The summed E-state index contributed by atoms with van der Waals surface area (Å²) >= 11 is 0. The first-order chi connectivity index (χ1) is 18.4. The maximum absolute atomic E-state index is 12.3. The summed E-state index contributed by atoms with van der Waals surface area (Å²) in [6.07, 6.45) is 11.0. The Kier molecular flexibility index (Phi) is 9.13. The van der Waals surface area contributed by atoms with Crippen LogP contribution < -0.4 is 0 Å². The van der Waals surface area contributed by atoms with Gasteiger partial charge in [-0.3, -0.25) is 14.4 Å². The molecule has 0 N–H and O–H groups in total. The van der Waals surface area contributed by atoms with E-state index in [1.165, 1.54) is 25.7 Å². The zero-order valence-electron chi connectivity index (χ0n) is 25.6. The van der Waals surface area contributed by atoms with Gasteiger partial charge in [0.05, 0.1) is 0 Å². The van der Waals surface area contributed by atoms with Crippen molar-refractivity contribution in [3.8, 4) is 0 Å². The normalized spacial score (nSPS) is 42.3. The van der Waals surface area contributed by atoms with E-state index in [-0.39, 0.29) is 29.0 Å². The van der Waals surface area contributed by atoms with Crippen molar-refractivity contribution in [2.75, 3.05) is 0 Å². The topological polar surface area (TPSA) is 78.9 Å². The van der Waals surface area contributed by atoms with E-state index in [4.69, 9.17) is 14.2 Å². The summed E-state index contributed by atoms with van der Waals surface area (Å²) in [5.41, 5.74) is -0.00798. The number of hydrogen-bond acceptors (Lipinski definition) is 6. The second-order valence-corrected chi connectivity index (χ2v) is 15.0. The third kappa shape index (κ3) is 5.77. The molecule has 0 amide bonds. The number of carbonyl (C=O) groups excluding carboxylic acids is 3. The van der Waals surface area contributed by atoms with Crippen LogP contribution in [-0.2, 0) is 28.6 Å². The van der Waals surface area contributed by atoms with Crippen LogP contribution in [-0.4, -0.2) is 36.7 Å². The van der Waals surface area contributed by atoms with Gasteiger partial charge in [0.1, 0.15) is 17.8 Å². The molecule has 0 aromatic heterocycles. The van der Waals surface area contributed by atoms with E-state index in [1.54, 1.807) is 0 Å². The first-order valence-corrected chi connectivity index (χ1v) is 15.8. The largest absolute Gasteiger partial charge is 0.465 e. The van der Waals surface area contributed by atoms with Crippen molar-refractivity contribution < 1.29 is 28.6 Å². The average Bonchev–Trinajstić information content (AvgIpc) is 3.21. The highest BCUT2D eigenvalue weighted by atomic mass is 16.6. The quantitative estimate of drug-likeness (QED) is 0.165. The number of hydrogen-bond donors (Lipinski definition) is 0. The minimum absolute atomic E-state index is 0.0192. The van der Waals surface area contributed by atoms with E-state index in [9.17, 15) is 14.4 Å². The van der Waals surface area contributed by atoms with Gasteiger partial charge < -0.3 is 14.2 Å². The predicted molar refractivity (Wildman–Crippen MR) is 150 cm³/mol. The van der Waals surface area contributed by atoms with Gasteiger partial charge in [-0.05, 0) is 131 Å². The molecule has 0 saturated heterocycles. The summed E-state index contributed by atoms with van der Waals surface area (Å²) in [4.78, 5) is 35.3. The molecule has 6 heteroatoms. The molecule has 4 aliphatic carbocycles. The zero-order valence-corrected chi connectivity index (χ0v) is 25.6. The lowest BCUT2D eigenvalue weighted by Gasteiger charge is -2.65. The molecule has 0 aliphatic heterocycles. The number of fused-ring (bicyclic) bond motifs is 5. The van der Waals surface area contributed by atoms with Gasteiger partial charge in [-0.25, -0.2) is 0 Å². The Morgan fingerprint density at radius 1 is 0.949 bits per heavy atom. The predicted octanol–water partition coefficient (Wildman–Crippen LogP) is 7.12. The lowest BCUT2D eigenvalue weighted by molar-refractivity contribution is -0.213. The smallest absolute Gasteiger partial charge is 0.306 e. The third-order valence-electron chi connectivity index (χ3n) is 12.0. The molecule has 0 bridgehead atoms. The van der Waals surface area contributed by atoms with Crippen LogP contribution in [0.25, 0.3) is 0 Å². The monoisotopic (exact) mass is 546 g/mol. The summed E-state index contributed by atoms with van der Waals surface area (Å²) in [7, 11) is 0. The first-order valence-electron chi connectivity index (χ1n) is 15.8. The second-order valence-electron chi connectivity index (χ2n) is 15.0. The Morgan fingerprint density at radius 3 is 2.26 bits per heavy atom. The van der Waals surface area contributed by atoms with Crippen molar-refractivity contribution in [3.63, 3.8) is 0 Å². The van der Waals surface area contributed by atoms with Gasteiger partial charge >= 0.3 is 5.97 Å². The van der Waals surface area contributed by atoms with Crippen LogP contribution in [0.5, 0.6) is 0 Å². The number of ether oxygens (including phenoxy) is 3. The number of rotatable bonds is 10. The molecule has 11 atom stereocenters. The van der Waals surface area contributed by atoms with E-state index >= 15 is 0 Å². The molecular weight excluding hydrogens is 492 g/mol. The molecular formula is C33H54O6. The molecule has 0 heterocycles. The van der Waals surface area contributed by atoms with Crippen LogP contribution in [0.2, 0.25) is 0 Å². The van der Waals surface area contributed by atoms with Crippen molar-refractivity contribution >= 4 is 18.9 Å². The van der Waals surface area contributed by atoms with Crippen LogP contribution in [0.15, 0.2) is 0 Å². The Labute approximate surface area is 236 Å². The molecule has 4 aliphatic rings. The SMILES string of the molecule is CC[C@H]1[C@@H](OC=O)[C@@H]2[C@H](CC[C@]3(C)[C@@H]([C@H](C)CCCC(=O)OC(C)(C)C)CC[C@@H]23)[C@@]2(C)CC[C@@H](OC=O)C[C@@H]12. The van der Waals surface area contributed by atoms with Gasteiger partial charge in [0.2, 0.25) is 0 Å².